The Bertz CT molecular complexity index is 78.8. The molecule has 48 valence electrons. The fraction of sp³-hybridized carbons (Fsp3) is 1.00. The Morgan fingerprint density at radius 2 is 2.50 bits per heavy atom. The standard InChI is InChI=1S/C5H10ClNO/c6-4-1-2-7-5(4)3-8/h4-5,7-8H,1-3H2/t4-,5+/m1/s1. The number of rotatable bonds is 1. The number of hydrogen-bond acceptors (Lipinski definition) is 2. The Morgan fingerprint density at radius 1 is 1.75 bits per heavy atom. The molecule has 0 aromatic carbocycles. The van der Waals surface area contributed by atoms with Crippen LogP contribution in [0, 0.1) is 0 Å². The molecule has 0 aromatic rings. The molecule has 0 aromatic heterocycles. The van der Waals surface area contributed by atoms with Gasteiger partial charge in [-0.15, -0.1) is 11.6 Å². The van der Waals surface area contributed by atoms with Gasteiger partial charge in [0, 0.05) is 6.04 Å². The normalized spacial score (nSPS) is 38.2. The fourth-order valence-electron chi connectivity index (χ4n) is 0.915. The van der Waals surface area contributed by atoms with Crippen molar-refractivity contribution in [1.29, 1.82) is 0 Å². The molecule has 1 heterocycles. The third-order valence-electron chi connectivity index (χ3n) is 1.46. The molecule has 2 N–H and O–H groups in total. The average molecular weight is 136 g/mol. The highest BCUT2D eigenvalue weighted by Crippen LogP contribution is 2.12. The molecule has 0 unspecified atom stereocenters. The molecule has 0 amide bonds. The molecule has 1 saturated heterocycles. The zero-order valence-corrected chi connectivity index (χ0v) is 5.36. The summed E-state index contributed by atoms with van der Waals surface area (Å²) in [6, 6.07) is 0.136. The van der Waals surface area contributed by atoms with Crippen LogP contribution in [0.5, 0.6) is 0 Å². The maximum absolute atomic E-state index is 8.59. The molecule has 0 aliphatic carbocycles. The maximum Gasteiger partial charge on any atom is 0.0599 e. The van der Waals surface area contributed by atoms with E-state index in [9.17, 15) is 0 Å². The van der Waals surface area contributed by atoms with E-state index in [0.717, 1.165) is 13.0 Å². The molecule has 1 aliphatic rings. The number of aliphatic hydroxyl groups excluding tert-OH is 1. The van der Waals surface area contributed by atoms with Crippen molar-refractivity contribution in [2.75, 3.05) is 13.2 Å². The van der Waals surface area contributed by atoms with Crippen LogP contribution < -0.4 is 5.32 Å². The summed E-state index contributed by atoms with van der Waals surface area (Å²) in [5, 5.41) is 11.8. The van der Waals surface area contributed by atoms with Gasteiger partial charge in [-0.1, -0.05) is 0 Å². The summed E-state index contributed by atoms with van der Waals surface area (Å²) in [6.07, 6.45) is 0.979. The second-order valence-corrected chi connectivity index (χ2v) is 2.61. The molecular weight excluding hydrogens is 126 g/mol. The summed E-state index contributed by atoms with van der Waals surface area (Å²) in [5.41, 5.74) is 0. The highest BCUT2D eigenvalue weighted by Gasteiger charge is 2.22. The minimum Gasteiger partial charge on any atom is -0.395 e. The van der Waals surface area contributed by atoms with Gasteiger partial charge in [-0.05, 0) is 13.0 Å². The van der Waals surface area contributed by atoms with Crippen molar-refractivity contribution in [2.24, 2.45) is 0 Å². The molecule has 0 radical (unpaired) electrons. The van der Waals surface area contributed by atoms with E-state index in [0.29, 0.717) is 0 Å². The van der Waals surface area contributed by atoms with Gasteiger partial charge in [-0.3, -0.25) is 0 Å². The Labute approximate surface area is 53.8 Å². The Balaban J connectivity index is 2.30. The van der Waals surface area contributed by atoms with Gasteiger partial charge >= 0.3 is 0 Å². The van der Waals surface area contributed by atoms with E-state index < -0.39 is 0 Å². The Kier molecular flexibility index (Phi) is 2.11. The molecule has 2 nitrogen and oxygen atoms in total. The molecule has 0 spiro atoms. The average Bonchev–Trinajstić information content (AvgIpc) is 2.14. The second kappa shape index (κ2) is 2.67. The van der Waals surface area contributed by atoms with Crippen LogP contribution in [-0.4, -0.2) is 29.7 Å². The third-order valence-corrected chi connectivity index (χ3v) is 1.98. The fourth-order valence-corrected chi connectivity index (χ4v) is 1.19. The van der Waals surface area contributed by atoms with Gasteiger partial charge < -0.3 is 10.4 Å². The Hall–Kier alpha value is 0.210. The first-order chi connectivity index (χ1) is 3.84. The monoisotopic (exact) mass is 135 g/mol. The van der Waals surface area contributed by atoms with Gasteiger partial charge in [-0.2, -0.15) is 0 Å². The highest BCUT2D eigenvalue weighted by atomic mass is 35.5. The number of halogens is 1. The summed E-state index contributed by atoms with van der Waals surface area (Å²) in [7, 11) is 0. The summed E-state index contributed by atoms with van der Waals surface area (Å²) in [6.45, 7) is 1.10. The van der Waals surface area contributed by atoms with Gasteiger partial charge in [0.25, 0.3) is 0 Å². The minimum absolute atomic E-state index is 0.136. The molecule has 0 bridgehead atoms. The van der Waals surface area contributed by atoms with Crippen LogP contribution in [0.2, 0.25) is 0 Å². The van der Waals surface area contributed by atoms with Crippen molar-refractivity contribution in [1.82, 2.24) is 5.32 Å². The third kappa shape index (κ3) is 1.13. The first-order valence-corrected chi connectivity index (χ1v) is 3.26. The molecule has 1 fully saturated rings. The molecule has 1 rings (SSSR count). The smallest absolute Gasteiger partial charge is 0.0599 e. The predicted octanol–water partition coefficient (Wildman–Crippen LogP) is -0.0520. The summed E-state index contributed by atoms with van der Waals surface area (Å²) in [4.78, 5) is 0. The maximum atomic E-state index is 8.59. The number of hydrogen-bond donors (Lipinski definition) is 2. The first-order valence-electron chi connectivity index (χ1n) is 2.83. The van der Waals surface area contributed by atoms with Crippen molar-refractivity contribution >= 4 is 11.6 Å². The zero-order chi connectivity index (χ0) is 5.98. The van der Waals surface area contributed by atoms with Gasteiger partial charge in [0.05, 0.1) is 12.0 Å². The second-order valence-electron chi connectivity index (χ2n) is 2.05. The zero-order valence-electron chi connectivity index (χ0n) is 4.60. The van der Waals surface area contributed by atoms with E-state index in [4.69, 9.17) is 16.7 Å². The Morgan fingerprint density at radius 3 is 2.75 bits per heavy atom. The van der Waals surface area contributed by atoms with Gasteiger partial charge in [0.1, 0.15) is 0 Å². The lowest BCUT2D eigenvalue weighted by atomic mass is 10.2. The molecule has 0 saturated carbocycles. The van der Waals surface area contributed by atoms with E-state index >= 15 is 0 Å². The van der Waals surface area contributed by atoms with Crippen molar-refractivity contribution < 1.29 is 5.11 Å². The highest BCUT2D eigenvalue weighted by molar-refractivity contribution is 6.21. The van der Waals surface area contributed by atoms with Gasteiger partial charge in [-0.25, -0.2) is 0 Å². The summed E-state index contributed by atoms with van der Waals surface area (Å²) < 4.78 is 0. The number of alkyl halides is 1. The van der Waals surface area contributed by atoms with E-state index in [-0.39, 0.29) is 18.0 Å². The lowest BCUT2D eigenvalue weighted by Gasteiger charge is -2.08. The van der Waals surface area contributed by atoms with Crippen LogP contribution in [-0.2, 0) is 0 Å². The van der Waals surface area contributed by atoms with Gasteiger partial charge in [0.2, 0.25) is 0 Å². The largest absolute Gasteiger partial charge is 0.395 e. The van der Waals surface area contributed by atoms with Crippen molar-refractivity contribution in [3.63, 3.8) is 0 Å². The van der Waals surface area contributed by atoms with E-state index in [2.05, 4.69) is 5.32 Å². The molecule has 1 aliphatic heterocycles. The lowest BCUT2D eigenvalue weighted by Crippen LogP contribution is -2.30. The predicted molar refractivity (Wildman–Crippen MR) is 33.1 cm³/mol. The van der Waals surface area contributed by atoms with Crippen LogP contribution in [0.25, 0.3) is 0 Å². The molecule has 2 atom stereocenters. The van der Waals surface area contributed by atoms with Crippen LogP contribution >= 0.6 is 11.6 Å². The van der Waals surface area contributed by atoms with Crippen LogP contribution in [0.15, 0.2) is 0 Å². The van der Waals surface area contributed by atoms with Crippen LogP contribution in [0.4, 0.5) is 0 Å². The van der Waals surface area contributed by atoms with E-state index in [1.165, 1.54) is 0 Å². The molecule has 8 heavy (non-hydrogen) atoms. The summed E-state index contributed by atoms with van der Waals surface area (Å²) in [5.74, 6) is 0. The lowest BCUT2D eigenvalue weighted by molar-refractivity contribution is 0.256. The minimum atomic E-state index is 0.136. The van der Waals surface area contributed by atoms with Crippen LogP contribution in [0.1, 0.15) is 6.42 Å². The van der Waals surface area contributed by atoms with Crippen molar-refractivity contribution in [2.45, 2.75) is 17.8 Å². The SMILES string of the molecule is OC[C@@H]1NCC[C@H]1Cl. The van der Waals surface area contributed by atoms with Crippen molar-refractivity contribution in [3.05, 3.63) is 0 Å². The summed E-state index contributed by atoms with van der Waals surface area (Å²) >= 11 is 5.76. The molecular formula is C5H10ClNO. The number of nitrogens with one attached hydrogen (secondary N) is 1. The number of aliphatic hydroxyl groups is 1. The first kappa shape index (κ1) is 6.33. The van der Waals surface area contributed by atoms with E-state index in [1.807, 2.05) is 0 Å². The van der Waals surface area contributed by atoms with E-state index in [1.54, 1.807) is 0 Å². The molecule has 3 heteroatoms. The van der Waals surface area contributed by atoms with Crippen LogP contribution in [0.3, 0.4) is 0 Å². The van der Waals surface area contributed by atoms with Gasteiger partial charge in [0.15, 0.2) is 0 Å². The quantitative estimate of drug-likeness (QED) is 0.494. The topological polar surface area (TPSA) is 32.3 Å². The van der Waals surface area contributed by atoms with Crippen molar-refractivity contribution in [3.8, 4) is 0 Å².